The van der Waals surface area contributed by atoms with Gasteiger partial charge >= 0.3 is 0 Å². The van der Waals surface area contributed by atoms with Gasteiger partial charge in [-0.1, -0.05) is 18.2 Å². The van der Waals surface area contributed by atoms with Crippen LogP contribution in [0.25, 0.3) is 0 Å². The van der Waals surface area contributed by atoms with Crippen LogP contribution in [0, 0.1) is 17.6 Å². The number of amides is 1. The van der Waals surface area contributed by atoms with Gasteiger partial charge in [0.1, 0.15) is 11.6 Å². The average Bonchev–Trinajstić information content (AvgIpc) is 3.39. The fraction of sp³-hybridized carbons (Fsp3) is 0.316. The summed E-state index contributed by atoms with van der Waals surface area (Å²) >= 11 is 0. The molecular weight excluding hydrogens is 310 g/mol. The van der Waals surface area contributed by atoms with Gasteiger partial charge in [0.15, 0.2) is 0 Å². The van der Waals surface area contributed by atoms with E-state index in [1.807, 2.05) is 0 Å². The molecule has 0 bridgehead atoms. The molecule has 0 aliphatic heterocycles. The Bertz CT molecular complexity index is 699. The SMILES string of the molecule is O=C(CNCC1CC1)N(Cc1ccccc1F)c1ccc(F)cc1. The standard InChI is InChI=1S/C19H20F2N2O/c20-16-7-9-17(10-8-16)23(13-15-3-1-2-4-18(15)21)19(24)12-22-11-14-5-6-14/h1-4,7-10,14,22H,5-6,11-13H2. The third-order valence-corrected chi connectivity index (χ3v) is 4.13. The van der Waals surface area contributed by atoms with Crippen LogP contribution in [0.4, 0.5) is 14.5 Å². The number of halogens is 2. The lowest BCUT2D eigenvalue weighted by Crippen LogP contribution is -2.38. The molecule has 0 unspecified atom stereocenters. The molecule has 1 aliphatic carbocycles. The van der Waals surface area contributed by atoms with Gasteiger partial charge in [0, 0.05) is 11.3 Å². The predicted molar refractivity (Wildman–Crippen MR) is 89.6 cm³/mol. The first-order valence-corrected chi connectivity index (χ1v) is 8.13. The van der Waals surface area contributed by atoms with Crippen LogP contribution in [-0.4, -0.2) is 19.0 Å². The van der Waals surface area contributed by atoms with Crippen LogP contribution in [0.5, 0.6) is 0 Å². The number of hydrogen-bond donors (Lipinski definition) is 1. The lowest BCUT2D eigenvalue weighted by atomic mass is 10.1. The summed E-state index contributed by atoms with van der Waals surface area (Å²) in [5.41, 5.74) is 0.982. The maximum Gasteiger partial charge on any atom is 0.241 e. The smallest absolute Gasteiger partial charge is 0.241 e. The van der Waals surface area contributed by atoms with E-state index >= 15 is 0 Å². The summed E-state index contributed by atoms with van der Waals surface area (Å²) in [5, 5.41) is 3.15. The molecule has 126 valence electrons. The summed E-state index contributed by atoms with van der Waals surface area (Å²) in [5.74, 6) is -0.221. The second-order valence-corrected chi connectivity index (χ2v) is 6.12. The van der Waals surface area contributed by atoms with Crippen molar-refractivity contribution in [3.63, 3.8) is 0 Å². The molecule has 1 saturated carbocycles. The Hall–Kier alpha value is -2.27. The number of nitrogens with zero attached hydrogens (tertiary/aromatic N) is 1. The number of carbonyl (C=O) groups is 1. The molecule has 0 spiro atoms. The Balaban J connectivity index is 1.75. The van der Waals surface area contributed by atoms with Gasteiger partial charge in [0.2, 0.25) is 5.91 Å². The van der Waals surface area contributed by atoms with Crippen molar-refractivity contribution < 1.29 is 13.6 Å². The number of carbonyl (C=O) groups excluding carboxylic acids is 1. The summed E-state index contributed by atoms with van der Waals surface area (Å²) < 4.78 is 27.1. The summed E-state index contributed by atoms with van der Waals surface area (Å²) in [4.78, 5) is 14.1. The topological polar surface area (TPSA) is 32.3 Å². The van der Waals surface area contributed by atoms with Gasteiger partial charge in [-0.2, -0.15) is 0 Å². The summed E-state index contributed by atoms with van der Waals surface area (Å²) in [6.07, 6.45) is 2.41. The van der Waals surface area contributed by atoms with E-state index in [1.165, 1.54) is 48.1 Å². The molecule has 0 atom stereocenters. The third kappa shape index (κ3) is 4.38. The quantitative estimate of drug-likeness (QED) is 0.843. The molecule has 0 saturated heterocycles. The minimum absolute atomic E-state index is 0.113. The van der Waals surface area contributed by atoms with Crippen LogP contribution >= 0.6 is 0 Å². The molecule has 5 heteroatoms. The molecule has 0 aromatic heterocycles. The van der Waals surface area contributed by atoms with Gasteiger partial charge in [-0.3, -0.25) is 4.79 Å². The van der Waals surface area contributed by atoms with E-state index in [0.29, 0.717) is 17.2 Å². The van der Waals surface area contributed by atoms with E-state index in [2.05, 4.69) is 5.32 Å². The molecule has 3 rings (SSSR count). The second-order valence-electron chi connectivity index (χ2n) is 6.12. The molecule has 24 heavy (non-hydrogen) atoms. The van der Waals surface area contributed by atoms with Crippen LogP contribution in [0.15, 0.2) is 48.5 Å². The summed E-state index contributed by atoms with van der Waals surface area (Å²) in [7, 11) is 0. The minimum atomic E-state index is -0.371. The molecule has 1 aliphatic rings. The highest BCUT2D eigenvalue weighted by Gasteiger charge is 2.22. The Morgan fingerprint density at radius 3 is 2.46 bits per heavy atom. The van der Waals surface area contributed by atoms with Crippen molar-refractivity contribution in [3.8, 4) is 0 Å². The van der Waals surface area contributed by atoms with E-state index in [-0.39, 0.29) is 30.6 Å². The highest BCUT2D eigenvalue weighted by molar-refractivity contribution is 5.94. The zero-order valence-corrected chi connectivity index (χ0v) is 13.3. The van der Waals surface area contributed by atoms with Crippen molar-refractivity contribution in [2.75, 3.05) is 18.0 Å². The van der Waals surface area contributed by atoms with Crippen LogP contribution in [-0.2, 0) is 11.3 Å². The molecule has 2 aromatic rings. The lowest BCUT2D eigenvalue weighted by molar-refractivity contribution is -0.117. The number of benzene rings is 2. The van der Waals surface area contributed by atoms with Crippen molar-refractivity contribution in [1.29, 1.82) is 0 Å². The fourth-order valence-corrected chi connectivity index (χ4v) is 2.54. The summed E-state index contributed by atoms with van der Waals surface area (Å²) in [6.45, 7) is 1.12. The van der Waals surface area contributed by atoms with E-state index in [9.17, 15) is 13.6 Å². The Morgan fingerprint density at radius 2 is 1.79 bits per heavy atom. The molecule has 1 N–H and O–H groups in total. The molecule has 1 amide bonds. The average molecular weight is 330 g/mol. The van der Waals surface area contributed by atoms with Crippen molar-refractivity contribution in [1.82, 2.24) is 5.32 Å². The van der Waals surface area contributed by atoms with Gasteiger partial charge in [0.25, 0.3) is 0 Å². The van der Waals surface area contributed by atoms with Gasteiger partial charge in [0.05, 0.1) is 13.1 Å². The van der Waals surface area contributed by atoms with E-state index < -0.39 is 0 Å². The van der Waals surface area contributed by atoms with Gasteiger partial charge in [-0.05, 0) is 55.6 Å². The highest BCUT2D eigenvalue weighted by atomic mass is 19.1. The maximum absolute atomic E-state index is 13.9. The second kappa shape index (κ2) is 7.53. The maximum atomic E-state index is 13.9. The molecule has 1 fully saturated rings. The summed E-state index contributed by atoms with van der Waals surface area (Å²) in [6, 6.07) is 12.0. The normalized spacial score (nSPS) is 13.8. The first-order chi connectivity index (χ1) is 11.6. The Morgan fingerprint density at radius 1 is 1.08 bits per heavy atom. The lowest BCUT2D eigenvalue weighted by Gasteiger charge is -2.23. The van der Waals surface area contributed by atoms with Crippen LogP contribution in [0.2, 0.25) is 0 Å². The first kappa shape index (κ1) is 16.6. The largest absolute Gasteiger partial charge is 0.308 e. The molecule has 0 radical (unpaired) electrons. The number of nitrogens with one attached hydrogen (secondary N) is 1. The number of hydrogen-bond acceptors (Lipinski definition) is 2. The predicted octanol–water partition coefficient (Wildman–Crippen LogP) is 3.50. The van der Waals surface area contributed by atoms with Gasteiger partial charge in [-0.25, -0.2) is 8.78 Å². The van der Waals surface area contributed by atoms with E-state index in [4.69, 9.17) is 0 Å². The van der Waals surface area contributed by atoms with Gasteiger partial charge in [-0.15, -0.1) is 0 Å². The van der Waals surface area contributed by atoms with Crippen molar-refractivity contribution in [3.05, 3.63) is 65.7 Å². The van der Waals surface area contributed by atoms with Crippen LogP contribution in [0.1, 0.15) is 18.4 Å². The Kier molecular flexibility index (Phi) is 5.20. The number of rotatable bonds is 7. The van der Waals surface area contributed by atoms with Gasteiger partial charge < -0.3 is 10.2 Å². The van der Waals surface area contributed by atoms with Crippen LogP contribution < -0.4 is 10.2 Å². The van der Waals surface area contributed by atoms with Crippen molar-refractivity contribution >= 4 is 11.6 Å². The Labute approximate surface area is 140 Å². The molecule has 0 heterocycles. The van der Waals surface area contributed by atoms with E-state index in [1.54, 1.807) is 18.2 Å². The van der Waals surface area contributed by atoms with Crippen molar-refractivity contribution in [2.45, 2.75) is 19.4 Å². The third-order valence-electron chi connectivity index (χ3n) is 4.13. The molecule has 3 nitrogen and oxygen atoms in total. The fourth-order valence-electron chi connectivity index (χ4n) is 2.54. The van der Waals surface area contributed by atoms with E-state index in [0.717, 1.165) is 6.54 Å². The monoisotopic (exact) mass is 330 g/mol. The number of anilines is 1. The minimum Gasteiger partial charge on any atom is -0.308 e. The zero-order valence-electron chi connectivity index (χ0n) is 13.3. The zero-order chi connectivity index (χ0) is 16.9. The molecular formula is C19H20F2N2O. The van der Waals surface area contributed by atoms with Crippen LogP contribution in [0.3, 0.4) is 0 Å². The van der Waals surface area contributed by atoms with Crippen molar-refractivity contribution in [2.24, 2.45) is 5.92 Å². The first-order valence-electron chi connectivity index (χ1n) is 8.13. The highest BCUT2D eigenvalue weighted by Crippen LogP contribution is 2.27. The molecule has 2 aromatic carbocycles.